The van der Waals surface area contributed by atoms with E-state index in [1.165, 1.54) is 6.92 Å². The standard InChI is InChI=1S/C12H18O2/c1-10(9-12(3)14)7-5-4-6-8-11(2)13/h6,8-9H,4-5,7H2,1-3H3/b8-6+,10-9+. The fraction of sp³-hybridized carbons (Fsp3) is 0.500. The maximum atomic E-state index is 10.7. The zero-order chi connectivity index (χ0) is 11.0. The van der Waals surface area contributed by atoms with Crippen LogP contribution in [0.2, 0.25) is 0 Å². The van der Waals surface area contributed by atoms with Gasteiger partial charge >= 0.3 is 0 Å². The van der Waals surface area contributed by atoms with Crippen LogP contribution in [-0.2, 0) is 9.59 Å². The van der Waals surface area contributed by atoms with Gasteiger partial charge in [0.2, 0.25) is 0 Å². The predicted octanol–water partition coefficient (Wildman–Crippen LogP) is 2.84. The first-order valence-electron chi connectivity index (χ1n) is 4.87. The molecule has 14 heavy (non-hydrogen) atoms. The lowest BCUT2D eigenvalue weighted by Gasteiger charge is -1.97. The Bertz CT molecular complexity index is 259. The van der Waals surface area contributed by atoms with Crippen LogP contribution in [0.25, 0.3) is 0 Å². The Morgan fingerprint density at radius 1 is 1.07 bits per heavy atom. The number of rotatable bonds is 6. The number of carbonyl (C=O) groups is 2. The van der Waals surface area contributed by atoms with Crippen LogP contribution >= 0.6 is 0 Å². The van der Waals surface area contributed by atoms with E-state index in [1.807, 2.05) is 13.0 Å². The molecule has 78 valence electrons. The Hall–Kier alpha value is -1.18. The molecule has 0 rings (SSSR count). The molecule has 0 atom stereocenters. The van der Waals surface area contributed by atoms with Gasteiger partial charge in [0, 0.05) is 0 Å². The maximum Gasteiger partial charge on any atom is 0.152 e. The average Bonchev–Trinajstić information content (AvgIpc) is 2.01. The monoisotopic (exact) mass is 194 g/mol. The summed E-state index contributed by atoms with van der Waals surface area (Å²) in [5, 5.41) is 0. The molecule has 0 radical (unpaired) electrons. The van der Waals surface area contributed by atoms with E-state index in [0.29, 0.717) is 0 Å². The van der Waals surface area contributed by atoms with Crippen molar-refractivity contribution in [1.29, 1.82) is 0 Å². The highest BCUT2D eigenvalue weighted by molar-refractivity contribution is 5.88. The van der Waals surface area contributed by atoms with Crippen LogP contribution in [0.4, 0.5) is 0 Å². The summed E-state index contributed by atoms with van der Waals surface area (Å²) in [6.07, 6.45) is 7.92. The molecule has 2 nitrogen and oxygen atoms in total. The van der Waals surface area contributed by atoms with E-state index in [-0.39, 0.29) is 11.6 Å². The summed E-state index contributed by atoms with van der Waals surface area (Å²) in [6, 6.07) is 0. The topological polar surface area (TPSA) is 34.1 Å². The lowest BCUT2D eigenvalue weighted by molar-refractivity contribution is -0.113. The third kappa shape index (κ3) is 8.91. The van der Waals surface area contributed by atoms with E-state index in [4.69, 9.17) is 0 Å². The maximum absolute atomic E-state index is 10.7. The second kappa shape index (κ2) is 7.25. The minimum atomic E-state index is 0.0843. The molecule has 0 aliphatic rings. The predicted molar refractivity (Wildman–Crippen MR) is 58.1 cm³/mol. The van der Waals surface area contributed by atoms with E-state index in [2.05, 4.69) is 0 Å². The van der Waals surface area contributed by atoms with Gasteiger partial charge in [0.25, 0.3) is 0 Å². The lowest BCUT2D eigenvalue weighted by Crippen LogP contribution is -1.86. The van der Waals surface area contributed by atoms with Gasteiger partial charge in [0.15, 0.2) is 11.6 Å². The number of hydrogen-bond acceptors (Lipinski definition) is 2. The van der Waals surface area contributed by atoms with Crippen LogP contribution in [0.15, 0.2) is 23.8 Å². The van der Waals surface area contributed by atoms with Crippen molar-refractivity contribution in [3.05, 3.63) is 23.8 Å². The number of unbranched alkanes of at least 4 members (excludes halogenated alkanes) is 1. The van der Waals surface area contributed by atoms with Gasteiger partial charge in [-0.2, -0.15) is 0 Å². The normalized spacial score (nSPS) is 12.1. The Morgan fingerprint density at radius 3 is 2.21 bits per heavy atom. The van der Waals surface area contributed by atoms with Crippen molar-refractivity contribution >= 4 is 11.6 Å². The molecular formula is C12H18O2. The van der Waals surface area contributed by atoms with Crippen molar-refractivity contribution in [3.8, 4) is 0 Å². The van der Waals surface area contributed by atoms with E-state index >= 15 is 0 Å². The van der Waals surface area contributed by atoms with Crippen molar-refractivity contribution < 1.29 is 9.59 Å². The van der Waals surface area contributed by atoms with Crippen LogP contribution in [-0.4, -0.2) is 11.6 Å². The second-order valence-corrected chi connectivity index (χ2v) is 3.51. The highest BCUT2D eigenvalue weighted by atomic mass is 16.1. The first kappa shape index (κ1) is 12.8. The Kier molecular flexibility index (Phi) is 6.63. The van der Waals surface area contributed by atoms with Crippen molar-refractivity contribution in [1.82, 2.24) is 0 Å². The zero-order valence-electron chi connectivity index (χ0n) is 9.17. The summed E-state index contributed by atoms with van der Waals surface area (Å²) in [4.78, 5) is 21.2. The number of allylic oxidation sites excluding steroid dienone is 4. The highest BCUT2D eigenvalue weighted by Crippen LogP contribution is 2.06. The Morgan fingerprint density at radius 2 is 1.71 bits per heavy atom. The molecular weight excluding hydrogens is 176 g/mol. The lowest BCUT2D eigenvalue weighted by atomic mass is 10.1. The quantitative estimate of drug-likeness (QED) is 0.481. The SMILES string of the molecule is CC(=O)/C=C/CCC/C(C)=C/C(C)=O. The second-order valence-electron chi connectivity index (χ2n) is 3.51. The largest absolute Gasteiger partial charge is 0.295 e. The molecule has 0 bridgehead atoms. The third-order valence-corrected chi connectivity index (χ3v) is 1.74. The summed E-state index contributed by atoms with van der Waals surface area (Å²) >= 11 is 0. The van der Waals surface area contributed by atoms with Gasteiger partial charge in [-0.05, 0) is 52.2 Å². The molecule has 0 heterocycles. The fourth-order valence-electron chi connectivity index (χ4n) is 1.17. The molecule has 0 saturated carbocycles. The number of ketones is 2. The minimum absolute atomic E-state index is 0.0843. The van der Waals surface area contributed by atoms with Crippen molar-refractivity contribution in [2.45, 2.75) is 40.0 Å². The van der Waals surface area contributed by atoms with E-state index in [9.17, 15) is 9.59 Å². The van der Waals surface area contributed by atoms with Gasteiger partial charge in [0.05, 0.1) is 0 Å². The molecule has 0 fully saturated rings. The zero-order valence-corrected chi connectivity index (χ0v) is 9.17. The first-order chi connectivity index (χ1) is 6.52. The third-order valence-electron chi connectivity index (χ3n) is 1.74. The molecule has 0 spiro atoms. The van der Waals surface area contributed by atoms with E-state index in [1.54, 1.807) is 19.1 Å². The number of hydrogen-bond donors (Lipinski definition) is 0. The van der Waals surface area contributed by atoms with Crippen LogP contribution in [0.3, 0.4) is 0 Å². The molecule has 0 aromatic heterocycles. The molecule has 2 heteroatoms. The van der Waals surface area contributed by atoms with Crippen molar-refractivity contribution in [3.63, 3.8) is 0 Å². The van der Waals surface area contributed by atoms with Gasteiger partial charge in [-0.3, -0.25) is 9.59 Å². The summed E-state index contributed by atoms with van der Waals surface area (Å²) < 4.78 is 0. The number of carbonyl (C=O) groups excluding carboxylic acids is 2. The van der Waals surface area contributed by atoms with Gasteiger partial charge in [0.1, 0.15) is 0 Å². The van der Waals surface area contributed by atoms with Gasteiger partial charge in [-0.25, -0.2) is 0 Å². The van der Waals surface area contributed by atoms with Crippen LogP contribution in [0.5, 0.6) is 0 Å². The molecule has 0 aliphatic carbocycles. The van der Waals surface area contributed by atoms with Gasteiger partial charge < -0.3 is 0 Å². The van der Waals surface area contributed by atoms with Crippen LogP contribution in [0.1, 0.15) is 40.0 Å². The highest BCUT2D eigenvalue weighted by Gasteiger charge is 1.92. The van der Waals surface area contributed by atoms with E-state index in [0.717, 1.165) is 24.8 Å². The van der Waals surface area contributed by atoms with Crippen LogP contribution in [0, 0.1) is 0 Å². The summed E-state index contributed by atoms with van der Waals surface area (Å²) in [5.41, 5.74) is 1.11. The van der Waals surface area contributed by atoms with Crippen molar-refractivity contribution in [2.75, 3.05) is 0 Å². The molecule has 0 amide bonds. The van der Waals surface area contributed by atoms with Gasteiger partial charge in [-0.15, -0.1) is 0 Å². The smallest absolute Gasteiger partial charge is 0.152 e. The first-order valence-corrected chi connectivity index (χ1v) is 4.87. The Balaban J connectivity index is 3.65. The minimum Gasteiger partial charge on any atom is -0.295 e. The molecule has 0 N–H and O–H groups in total. The summed E-state index contributed by atoms with van der Waals surface area (Å²) in [7, 11) is 0. The summed E-state index contributed by atoms with van der Waals surface area (Å²) in [6.45, 7) is 5.05. The Labute approximate surface area is 85.7 Å². The fourth-order valence-corrected chi connectivity index (χ4v) is 1.17. The van der Waals surface area contributed by atoms with Gasteiger partial charge in [-0.1, -0.05) is 11.6 Å². The molecule has 0 aliphatic heterocycles. The molecule has 0 unspecified atom stereocenters. The average molecular weight is 194 g/mol. The summed E-state index contributed by atoms with van der Waals surface area (Å²) in [5.74, 6) is 0.183. The van der Waals surface area contributed by atoms with Crippen molar-refractivity contribution in [2.24, 2.45) is 0 Å². The molecule has 0 aromatic carbocycles. The van der Waals surface area contributed by atoms with Crippen LogP contribution < -0.4 is 0 Å². The van der Waals surface area contributed by atoms with E-state index < -0.39 is 0 Å². The molecule has 0 saturated heterocycles. The molecule has 0 aromatic rings.